The van der Waals surface area contributed by atoms with Gasteiger partial charge in [0.25, 0.3) is 0 Å². The molecule has 1 aliphatic rings. The van der Waals surface area contributed by atoms with Crippen molar-refractivity contribution in [1.29, 1.82) is 0 Å². The van der Waals surface area contributed by atoms with Gasteiger partial charge in [-0.2, -0.15) is 0 Å². The highest BCUT2D eigenvalue weighted by Crippen LogP contribution is 2.26. The SMILES string of the molecule is O=C(O)[C@@H]1CSCN1C(=O)CSc1ccc(F)cc1F. The highest BCUT2D eigenvalue weighted by molar-refractivity contribution is 8.00. The van der Waals surface area contributed by atoms with Gasteiger partial charge in [0, 0.05) is 16.7 Å². The summed E-state index contributed by atoms with van der Waals surface area (Å²) in [6.45, 7) is 0. The van der Waals surface area contributed by atoms with E-state index in [0.29, 0.717) is 11.6 Å². The molecule has 1 atom stereocenters. The number of carbonyl (C=O) groups is 2. The van der Waals surface area contributed by atoms with E-state index < -0.39 is 23.6 Å². The second kappa shape index (κ2) is 6.45. The molecule has 1 saturated heterocycles. The fourth-order valence-electron chi connectivity index (χ4n) is 1.71. The van der Waals surface area contributed by atoms with E-state index in [4.69, 9.17) is 5.11 Å². The summed E-state index contributed by atoms with van der Waals surface area (Å²) in [7, 11) is 0. The molecule has 0 radical (unpaired) electrons. The number of carboxylic acid groups (broad SMARTS) is 1. The smallest absolute Gasteiger partial charge is 0.327 e. The first kappa shape index (κ1) is 15.1. The lowest BCUT2D eigenvalue weighted by Gasteiger charge is -2.20. The van der Waals surface area contributed by atoms with E-state index in [9.17, 15) is 18.4 Å². The quantitative estimate of drug-likeness (QED) is 0.861. The molecular formula is C12H11F2NO3S2. The van der Waals surface area contributed by atoms with Gasteiger partial charge < -0.3 is 10.0 Å². The Balaban J connectivity index is 1.96. The van der Waals surface area contributed by atoms with Gasteiger partial charge in [-0.25, -0.2) is 13.6 Å². The van der Waals surface area contributed by atoms with Crippen molar-refractivity contribution in [3.8, 4) is 0 Å². The Morgan fingerprint density at radius 1 is 1.45 bits per heavy atom. The summed E-state index contributed by atoms with van der Waals surface area (Å²) >= 11 is 2.29. The number of hydrogen-bond donors (Lipinski definition) is 1. The summed E-state index contributed by atoms with van der Waals surface area (Å²) in [5.74, 6) is -2.21. The molecule has 0 unspecified atom stereocenters. The second-order valence-corrected chi connectivity index (χ2v) is 6.10. The summed E-state index contributed by atoms with van der Waals surface area (Å²) < 4.78 is 26.1. The predicted octanol–water partition coefficient (Wildman–Crippen LogP) is 2.04. The van der Waals surface area contributed by atoms with Crippen molar-refractivity contribution in [1.82, 2.24) is 4.90 Å². The maximum absolute atomic E-state index is 13.4. The minimum Gasteiger partial charge on any atom is -0.480 e. The molecule has 2 rings (SSSR count). The Labute approximate surface area is 122 Å². The lowest BCUT2D eigenvalue weighted by molar-refractivity contribution is -0.146. The zero-order valence-corrected chi connectivity index (χ0v) is 11.8. The van der Waals surface area contributed by atoms with Crippen LogP contribution in [0.1, 0.15) is 0 Å². The van der Waals surface area contributed by atoms with Crippen LogP contribution >= 0.6 is 23.5 Å². The summed E-state index contributed by atoms with van der Waals surface area (Å²) in [4.78, 5) is 24.3. The van der Waals surface area contributed by atoms with Crippen LogP contribution in [-0.4, -0.2) is 45.3 Å². The van der Waals surface area contributed by atoms with Gasteiger partial charge in [-0.3, -0.25) is 4.79 Å². The maximum Gasteiger partial charge on any atom is 0.327 e. The van der Waals surface area contributed by atoms with Crippen LogP contribution in [0, 0.1) is 11.6 Å². The molecule has 108 valence electrons. The van der Waals surface area contributed by atoms with Crippen molar-refractivity contribution < 1.29 is 23.5 Å². The summed E-state index contributed by atoms with van der Waals surface area (Å²) in [5.41, 5.74) is 0. The van der Waals surface area contributed by atoms with E-state index in [-0.39, 0.29) is 16.6 Å². The van der Waals surface area contributed by atoms with Crippen molar-refractivity contribution in [2.75, 3.05) is 17.4 Å². The van der Waals surface area contributed by atoms with Gasteiger partial charge in [-0.05, 0) is 12.1 Å². The molecule has 8 heteroatoms. The molecule has 1 amide bonds. The van der Waals surface area contributed by atoms with E-state index in [1.165, 1.54) is 22.7 Å². The number of carbonyl (C=O) groups excluding carboxylic acids is 1. The fraction of sp³-hybridized carbons (Fsp3) is 0.333. The zero-order valence-electron chi connectivity index (χ0n) is 10.2. The molecule has 0 aliphatic carbocycles. The first-order valence-corrected chi connectivity index (χ1v) is 7.81. The van der Waals surface area contributed by atoms with E-state index in [1.54, 1.807) is 0 Å². The number of thioether (sulfide) groups is 2. The van der Waals surface area contributed by atoms with Gasteiger partial charge >= 0.3 is 5.97 Å². The minimum atomic E-state index is -1.04. The second-order valence-electron chi connectivity index (χ2n) is 4.08. The van der Waals surface area contributed by atoms with E-state index >= 15 is 0 Å². The highest BCUT2D eigenvalue weighted by Gasteiger charge is 2.34. The standard InChI is InChI=1S/C12H11F2NO3S2/c13-7-1-2-10(8(14)3-7)20-5-11(16)15-6-19-4-9(15)12(17)18/h1-3,9H,4-6H2,(H,17,18)/t9-/m0/s1. The summed E-state index contributed by atoms with van der Waals surface area (Å²) in [6, 6.07) is 2.29. The van der Waals surface area contributed by atoms with Crippen LogP contribution in [0.2, 0.25) is 0 Å². The molecule has 20 heavy (non-hydrogen) atoms. The number of nitrogens with zero attached hydrogens (tertiary/aromatic N) is 1. The zero-order chi connectivity index (χ0) is 14.7. The van der Waals surface area contributed by atoms with E-state index in [1.807, 2.05) is 0 Å². The van der Waals surface area contributed by atoms with Crippen LogP contribution in [0.4, 0.5) is 8.78 Å². The number of aliphatic carboxylic acids is 1. The van der Waals surface area contributed by atoms with E-state index in [0.717, 1.165) is 23.9 Å². The monoisotopic (exact) mass is 319 g/mol. The van der Waals surface area contributed by atoms with Crippen molar-refractivity contribution >= 4 is 35.4 Å². The lowest BCUT2D eigenvalue weighted by Crippen LogP contribution is -2.42. The lowest BCUT2D eigenvalue weighted by atomic mass is 10.3. The minimum absolute atomic E-state index is 0.0765. The van der Waals surface area contributed by atoms with Gasteiger partial charge in [-0.15, -0.1) is 23.5 Å². The van der Waals surface area contributed by atoms with Gasteiger partial charge in [0.2, 0.25) is 5.91 Å². The molecule has 1 aromatic carbocycles. The molecule has 1 heterocycles. The number of carboxylic acids is 1. The molecule has 1 aliphatic heterocycles. The third-order valence-corrected chi connectivity index (χ3v) is 4.78. The summed E-state index contributed by atoms with van der Waals surface area (Å²) in [6.07, 6.45) is 0. The number of halogens is 2. The first-order valence-electron chi connectivity index (χ1n) is 5.67. The fourth-order valence-corrected chi connectivity index (χ4v) is 3.69. The van der Waals surface area contributed by atoms with Gasteiger partial charge in [0.15, 0.2) is 0 Å². The Bertz CT molecular complexity index is 541. The van der Waals surface area contributed by atoms with Crippen molar-refractivity contribution in [3.05, 3.63) is 29.8 Å². The number of rotatable bonds is 4. The molecule has 0 saturated carbocycles. The van der Waals surface area contributed by atoms with Crippen molar-refractivity contribution in [3.63, 3.8) is 0 Å². The molecule has 4 nitrogen and oxygen atoms in total. The van der Waals surface area contributed by atoms with Crippen LogP contribution in [0.15, 0.2) is 23.1 Å². The number of benzene rings is 1. The Morgan fingerprint density at radius 3 is 2.85 bits per heavy atom. The normalized spacial score (nSPS) is 18.3. The Hall–Kier alpha value is -1.28. The van der Waals surface area contributed by atoms with Crippen LogP contribution in [0.3, 0.4) is 0 Å². The first-order chi connectivity index (χ1) is 9.49. The molecule has 1 N–H and O–H groups in total. The Kier molecular flexibility index (Phi) is 4.87. The predicted molar refractivity (Wildman–Crippen MR) is 72.7 cm³/mol. The van der Waals surface area contributed by atoms with Crippen LogP contribution in [-0.2, 0) is 9.59 Å². The topological polar surface area (TPSA) is 57.6 Å². The average Bonchev–Trinajstić information content (AvgIpc) is 2.86. The van der Waals surface area contributed by atoms with Gasteiger partial charge in [0.05, 0.1) is 11.6 Å². The third kappa shape index (κ3) is 3.43. The molecule has 1 aromatic rings. The molecule has 0 spiro atoms. The van der Waals surface area contributed by atoms with Crippen LogP contribution in [0.25, 0.3) is 0 Å². The molecule has 0 bridgehead atoms. The Morgan fingerprint density at radius 2 is 2.20 bits per heavy atom. The largest absolute Gasteiger partial charge is 0.480 e. The average molecular weight is 319 g/mol. The highest BCUT2D eigenvalue weighted by atomic mass is 32.2. The van der Waals surface area contributed by atoms with Gasteiger partial charge in [-0.1, -0.05) is 0 Å². The van der Waals surface area contributed by atoms with Gasteiger partial charge in [0.1, 0.15) is 17.7 Å². The molecule has 0 aromatic heterocycles. The number of hydrogen-bond acceptors (Lipinski definition) is 4. The van der Waals surface area contributed by atoms with E-state index in [2.05, 4.69) is 0 Å². The maximum atomic E-state index is 13.4. The van der Waals surface area contributed by atoms with Crippen molar-refractivity contribution in [2.45, 2.75) is 10.9 Å². The van der Waals surface area contributed by atoms with Crippen LogP contribution < -0.4 is 0 Å². The molecular weight excluding hydrogens is 308 g/mol. The van der Waals surface area contributed by atoms with Crippen LogP contribution in [0.5, 0.6) is 0 Å². The number of amides is 1. The molecule has 1 fully saturated rings. The van der Waals surface area contributed by atoms with Crippen molar-refractivity contribution in [2.24, 2.45) is 0 Å². The summed E-state index contributed by atoms with van der Waals surface area (Å²) in [5, 5.41) is 8.98. The third-order valence-electron chi connectivity index (χ3n) is 2.73.